The van der Waals surface area contributed by atoms with E-state index in [1.807, 2.05) is 12.1 Å². The van der Waals surface area contributed by atoms with Crippen molar-refractivity contribution in [3.8, 4) is 0 Å². The van der Waals surface area contributed by atoms with Crippen LogP contribution in [0.25, 0.3) is 0 Å². The number of aryl methyl sites for hydroxylation is 1. The van der Waals surface area contributed by atoms with Gasteiger partial charge in [-0.15, -0.1) is 0 Å². The number of nitrogens with one attached hydrogen (secondary N) is 2. The highest BCUT2D eigenvalue weighted by atomic mass is 32.2. The van der Waals surface area contributed by atoms with Gasteiger partial charge in [0.2, 0.25) is 21.8 Å². The van der Waals surface area contributed by atoms with Crippen LogP contribution in [0, 0.1) is 0 Å². The fourth-order valence-corrected chi connectivity index (χ4v) is 4.31. The smallest absolute Gasteiger partial charge is 0.247 e. The summed E-state index contributed by atoms with van der Waals surface area (Å²) in [6.45, 7) is 6.22. The number of hydrogen-bond donors (Lipinski definition) is 2. The maximum absolute atomic E-state index is 12.3. The van der Waals surface area contributed by atoms with Crippen molar-refractivity contribution in [1.82, 2.24) is 9.62 Å². The Balaban J connectivity index is 1.84. The van der Waals surface area contributed by atoms with Crippen LogP contribution in [0.2, 0.25) is 0 Å². The maximum Gasteiger partial charge on any atom is 0.247 e. The first kappa shape index (κ1) is 20.1. The van der Waals surface area contributed by atoms with E-state index in [-0.39, 0.29) is 18.4 Å². The van der Waals surface area contributed by atoms with Gasteiger partial charge in [-0.25, -0.2) is 13.1 Å². The molecule has 2 N–H and O–H groups in total. The molecule has 1 fully saturated rings. The summed E-state index contributed by atoms with van der Waals surface area (Å²) in [5, 5.41) is 2.13. The van der Waals surface area contributed by atoms with Crippen LogP contribution in [0.1, 0.15) is 25.3 Å². The first-order chi connectivity index (χ1) is 12.4. The highest BCUT2D eigenvalue weighted by molar-refractivity contribution is 7.90. The zero-order valence-corrected chi connectivity index (χ0v) is 15.7. The number of anilines is 1. The SMILES string of the molecule is C=CC(=O)Nc1ccc(CCC(=O)N2CCC(S(=O)(=O)NCC)C2)cc1. The van der Waals surface area contributed by atoms with E-state index in [1.54, 1.807) is 24.0 Å². The molecule has 1 heterocycles. The molecular formula is C18H25N3O4S. The molecule has 1 aromatic rings. The van der Waals surface area contributed by atoms with E-state index >= 15 is 0 Å². The Morgan fingerprint density at radius 1 is 1.31 bits per heavy atom. The molecule has 0 bridgehead atoms. The molecular weight excluding hydrogens is 354 g/mol. The Hall–Kier alpha value is -2.19. The van der Waals surface area contributed by atoms with Gasteiger partial charge >= 0.3 is 0 Å². The largest absolute Gasteiger partial charge is 0.341 e. The molecule has 1 saturated heterocycles. The molecule has 0 radical (unpaired) electrons. The van der Waals surface area contributed by atoms with Gasteiger partial charge in [0, 0.05) is 31.7 Å². The lowest BCUT2D eigenvalue weighted by Crippen LogP contribution is -2.37. The lowest BCUT2D eigenvalue weighted by molar-refractivity contribution is -0.130. The molecule has 0 spiro atoms. The number of carbonyl (C=O) groups excluding carboxylic acids is 2. The van der Waals surface area contributed by atoms with Crippen molar-refractivity contribution >= 4 is 27.5 Å². The Morgan fingerprint density at radius 2 is 2.00 bits per heavy atom. The zero-order valence-electron chi connectivity index (χ0n) is 14.9. The Labute approximate surface area is 154 Å². The topological polar surface area (TPSA) is 95.6 Å². The van der Waals surface area contributed by atoms with Gasteiger partial charge in [-0.3, -0.25) is 9.59 Å². The summed E-state index contributed by atoms with van der Waals surface area (Å²) in [5.41, 5.74) is 1.65. The lowest BCUT2D eigenvalue weighted by Gasteiger charge is -2.17. The molecule has 0 saturated carbocycles. The summed E-state index contributed by atoms with van der Waals surface area (Å²) in [4.78, 5) is 25.2. The number of carbonyl (C=O) groups is 2. The number of amides is 2. The van der Waals surface area contributed by atoms with Crippen LogP contribution in [-0.4, -0.2) is 50.0 Å². The fraction of sp³-hybridized carbons (Fsp3) is 0.444. The Kier molecular flexibility index (Phi) is 6.93. The van der Waals surface area contributed by atoms with Crippen molar-refractivity contribution in [2.75, 3.05) is 25.0 Å². The molecule has 7 nitrogen and oxygen atoms in total. The molecule has 8 heteroatoms. The molecule has 0 aromatic heterocycles. The van der Waals surface area contributed by atoms with Crippen molar-refractivity contribution in [3.63, 3.8) is 0 Å². The summed E-state index contributed by atoms with van der Waals surface area (Å²) in [6.07, 6.45) is 2.56. The normalized spacial score (nSPS) is 17.1. The van der Waals surface area contributed by atoms with Crippen LogP contribution in [0.3, 0.4) is 0 Å². The Bertz CT molecular complexity index is 759. The predicted octanol–water partition coefficient (Wildman–Crippen LogP) is 1.28. The van der Waals surface area contributed by atoms with Gasteiger partial charge in [-0.05, 0) is 36.6 Å². The summed E-state index contributed by atoms with van der Waals surface area (Å²) in [5.74, 6) is -0.313. The third-order valence-electron chi connectivity index (χ3n) is 4.32. The molecule has 2 rings (SSSR count). The Morgan fingerprint density at radius 3 is 2.62 bits per heavy atom. The van der Waals surface area contributed by atoms with Gasteiger partial charge in [-0.1, -0.05) is 25.6 Å². The van der Waals surface area contributed by atoms with Crippen molar-refractivity contribution in [2.24, 2.45) is 0 Å². The third kappa shape index (κ3) is 5.40. The quantitative estimate of drug-likeness (QED) is 0.665. The van der Waals surface area contributed by atoms with E-state index in [0.29, 0.717) is 38.0 Å². The van der Waals surface area contributed by atoms with Crippen LogP contribution in [-0.2, 0) is 26.0 Å². The molecule has 0 aliphatic carbocycles. The van der Waals surface area contributed by atoms with Gasteiger partial charge in [-0.2, -0.15) is 0 Å². The molecule has 1 aliphatic heterocycles. The molecule has 26 heavy (non-hydrogen) atoms. The number of hydrogen-bond acceptors (Lipinski definition) is 4. The van der Waals surface area contributed by atoms with Crippen molar-refractivity contribution in [3.05, 3.63) is 42.5 Å². The molecule has 1 aliphatic rings. The number of likely N-dealkylation sites (tertiary alicyclic amines) is 1. The average molecular weight is 379 g/mol. The lowest BCUT2D eigenvalue weighted by atomic mass is 10.1. The van der Waals surface area contributed by atoms with E-state index in [2.05, 4.69) is 16.6 Å². The van der Waals surface area contributed by atoms with Gasteiger partial charge in [0.1, 0.15) is 0 Å². The minimum absolute atomic E-state index is 0.0387. The fourth-order valence-electron chi connectivity index (χ4n) is 2.88. The standard InChI is InChI=1S/C18H25N3O4S/c1-3-17(22)20-15-8-5-14(6-9-15)7-10-18(23)21-12-11-16(13-21)26(24,25)19-4-2/h3,5-6,8-9,16,19H,1,4,7,10-13H2,2H3,(H,20,22). The summed E-state index contributed by atoms with van der Waals surface area (Å²) in [6, 6.07) is 7.26. The maximum atomic E-state index is 12.3. The van der Waals surface area contributed by atoms with E-state index in [9.17, 15) is 18.0 Å². The van der Waals surface area contributed by atoms with E-state index in [4.69, 9.17) is 0 Å². The highest BCUT2D eigenvalue weighted by Gasteiger charge is 2.34. The number of nitrogens with zero attached hydrogens (tertiary/aromatic N) is 1. The highest BCUT2D eigenvalue weighted by Crippen LogP contribution is 2.18. The molecule has 142 valence electrons. The summed E-state index contributed by atoms with van der Waals surface area (Å²) >= 11 is 0. The van der Waals surface area contributed by atoms with Crippen molar-refractivity contribution in [2.45, 2.75) is 31.4 Å². The second kappa shape index (κ2) is 8.95. The van der Waals surface area contributed by atoms with Crippen LogP contribution in [0.4, 0.5) is 5.69 Å². The van der Waals surface area contributed by atoms with Gasteiger partial charge in [0.05, 0.1) is 5.25 Å². The second-order valence-corrected chi connectivity index (χ2v) is 8.23. The molecule has 1 aromatic carbocycles. The number of rotatable bonds is 8. The minimum Gasteiger partial charge on any atom is -0.341 e. The van der Waals surface area contributed by atoms with Crippen LogP contribution >= 0.6 is 0 Å². The summed E-state index contributed by atoms with van der Waals surface area (Å²) < 4.78 is 26.6. The van der Waals surface area contributed by atoms with E-state index in [0.717, 1.165) is 5.56 Å². The van der Waals surface area contributed by atoms with Gasteiger partial charge in [0.15, 0.2) is 0 Å². The predicted molar refractivity (Wildman–Crippen MR) is 101 cm³/mol. The van der Waals surface area contributed by atoms with Crippen molar-refractivity contribution in [1.29, 1.82) is 0 Å². The zero-order chi connectivity index (χ0) is 19.2. The first-order valence-electron chi connectivity index (χ1n) is 8.64. The van der Waals surface area contributed by atoms with Crippen LogP contribution in [0.15, 0.2) is 36.9 Å². The van der Waals surface area contributed by atoms with Gasteiger partial charge in [0.25, 0.3) is 0 Å². The van der Waals surface area contributed by atoms with Crippen molar-refractivity contribution < 1.29 is 18.0 Å². The summed E-state index contributed by atoms with van der Waals surface area (Å²) in [7, 11) is -3.35. The van der Waals surface area contributed by atoms with Crippen LogP contribution in [0.5, 0.6) is 0 Å². The average Bonchev–Trinajstić information content (AvgIpc) is 3.12. The van der Waals surface area contributed by atoms with E-state index < -0.39 is 15.3 Å². The second-order valence-electron chi connectivity index (χ2n) is 6.18. The molecule has 1 atom stereocenters. The van der Waals surface area contributed by atoms with Gasteiger partial charge < -0.3 is 10.2 Å². The first-order valence-corrected chi connectivity index (χ1v) is 10.2. The molecule has 2 amide bonds. The minimum atomic E-state index is -3.35. The molecule has 1 unspecified atom stereocenters. The number of benzene rings is 1. The third-order valence-corrected chi connectivity index (χ3v) is 6.27. The monoisotopic (exact) mass is 379 g/mol. The van der Waals surface area contributed by atoms with Crippen LogP contribution < -0.4 is 10.0 Å². The number of sulfonamides is 1. The van der Waals surface area contributed by atoms with E-state index in [1.165, 1.54) is 6.08 Å².